The summed E-state index contributed by atoms with van der Waals surface area (Å²) < 4.78 is 24.0. The molecule has 9 nitrogen and oxygen atoms in total. The molecule has 0 saturated heterocycles. The van der Waals surface area contributed by atoms with Crippen molar-refractivity contribution in [2.24, 2.45) is 0 Å². The Balaban J connectivity index is 1.80. The van der Waals surface area contributed by atoms with Crippen molar-refractivity contribution in [2.45, 2.75) is 26.8 Å². The lowest BCUT2D eigenvalue weighted by Crippen LogP contribution is -2.27. The maximum atomic E-state index is 13.5. The zero-order valence-electron chi connectivity index (χ0n) is 22.3. The van der Waals surface area contributed by atoms with Gasteiger partial charge in [-0.3, -0.25) is 4.79 Å². The Bertz CT molecular complexity index is 1330. The van der Waals surface area contributed by atoms with E-state index in [0.717, 1.165) is 40.1 Å². The normalized spacial score (nSPS) is 11.9. The Morgan fingerprint density at radius 2 is 1.84 bits per heavy atom. The van der Waals surface area contributed by atoms with E-state index in [2.05, 4.69) is 9.88 Å². The van der Waals surface area contributed by atoms with Crippen molar-refractivity contribution in [1.82, 2.24) is 9.88 Å². The average Bonchev–Trinajstić information content (AvgIpc) is 3.24. The largest absolute Gasteiger partial charge is 0.493 e. The number of hydrogen-bond acceptors (Lipinski definition) is 7. The van der Waals surface area contributed by atoms with Crippen molar-refractivity contribution in [3.8, 4) is 33.9 Å². The molecule has 9 heteroatoms. The number of aryl methyl sites for hydroxylation is 1. The van der Waals surface area contributed by atoms with Crippen molar-refractivity contribution in [2.75, 3.05) is 47.2 Å². The van der Waals surface area contributed by atoms with Crippen LogP contribution in [-0.4, -0.2) is 68.7 Å². The fourth-order valence-electron chi connectivity index (χ4n) is 4.95. The molecule has 0 aliphatic carbocycles. The first-order chi connectivity index (χ1) is 18.4. The number of carbonyl (C=O) groups is 2. The van der Waals surface area contributed by atoms with Crippen molar-refractivity contribution in [1.29, 1.82) is 0 Å². The molecule has 2 N–H and O–H groups in total. The van der Waals surface area contributed by atoms with E-state index in [9.17, 15) is 9.59 Å². The Kier molecular flexibility index (Phi) is 8.70. The number of aliphatic hydroxyl groups is 1. The molecular weight excluding hydrogens is 488 g/mol. The SMILES string of the molecule is CCOC(=O)c1c(-c2cccc(C(=O)NCCOCCO)c2)c(C)n2c1-c1cc(OC)c(OC)cc1CC2. The number of aliphatic hydroxyl groups excluding tert-OH is 1. The topological polar surface area (TPSA) is 108 Å². The monoisotopic (exact) mass is 522 g/mol. The van der Waals surface area contributed by atoms with Gasteiger partial charge in [-0.15, -0.1) is 0 Å². The molecular formula is C29H34N2O7. The molecule has 38 heavy (non-hydrogen) atoms. The summed E-state index contributed by atoms with van der Waals surface area (Å²) in [6.07, 6.45) is 0.765. The van der Waals surface area contributed by atoms with Gasteiger partial charge >= 0.3 is 5.97 Å². The first kappa shape index (κ1) is 27.2. The van der Waals surface area contributed by atoms with Gasteiger partial charge in [0.05, 0.1) is 51.9 Å². The summed E-state index contributed by atoms with van der Waals surface area (Å²) in [5, 5.41) is 11.6. The summed E-state index contributed by atoms with van der Waals surface area (Å²) in [5.74, 6) is 0.553. The van der Waals surface area contributed by atoms with Gasteiger partial charge in [-0.1, -0.05) is 12.1 Å². The number of aromatic nitrogens is 1. The summed E-state index contributed by atoms with van der Waals surface area (Å²) in [6, 6.07) is 11.1. The van der Waals surface area contributed by atoms with Crippen molar-refractivity contribution < 1.29 is 33.6 Å². The van der Waals surface area contributed by atoms with Gasteiger partial charge in [-0.05, 0) is 55.7 Å². The van der Waals surface area contributed by atoms with E-state index in [4.69, 9.17) is 24.1 Å². The molecule has 3 aromatic rings. The Labute approximate surface area is 222 Å². The number of benzene rings is 2. The molecule has 0 radical (unpaired) electrons. The number of rotatable bonds is 11. The van der Waals surface area contributed by atoms with Crippen LogP contribution in [0.5, 0.6) is 11.5 Å². The average molecular weight is 523 g/mol. The molecule has 0 saturated carbocycles. The van der Waals surface area contributed by atoms with E-state index in [0.29, 0.717) is 42.3 Å². The number of methoxy groups -OCH3 is 2. The standard InChI is InChI=1S/C29H34N2O7/c1-5-38-29(34)26-25(20-7-6-8-21(15-20)28(33)30-10-13-37-14-12-32)18(2)31-11-9-19-16-23(35-3)24(36-4)17-22(19)27(26)31/h6-8,15-17,32H,5,9-14H2,1-4H3,(H,30,33). The van der Waals surface area contributed by atoms with Crippen molar-refractivity contribution >= 4 is 11.9 Å². The van der Waals surface area contributed by atoms with E-state index < -0.39 is 5.97 Å². The number of ether oxygens (including phenoxy) is 4. The third-order valence-corrected chi connectivity index (χ3v) is 6.65. The summed E-state index contributed by atoms with van der Waals surface area (Å²) in [5.41, 5.74) is 6.06. The third kappa shape index (κ3) is 5.25. The van der Waals surface area contributed by atoms with Crippen LogP contribution in [0.4, 0.5) is 0 Å². The van der Waals surface area contributed by atoms with E-state index in [1.165, 1.54) is 0 Å². The van der Waals surface area contributed by atoms with Gasteiger partial charge in [-0.25, -0.2) is 4.79 Å². The molecule has 0 fully saturated rings. The summed E-state index contributed by atoms with van der Waals surface area (Å²) in [6.45, 7) is 5.47. The highest BCUT2D eigenvalue weighted by Crippen LogP contribution is 2.45. The van der Waals surface area contributed by atoms with E-state index in [1.807, 2.05) is 25.1 Å². The molecule has 1 aliphatic heterocycles. The number of hydrogen-bond donors (Lipinski definition) is 2. The fourth-order valence-corrected chi connectivity index (χ4v) is 4.95. The molecule has 0 atom stereocenters. The lowest BCUT2D eigenvalue weighted by molar-refractivity contribution is 0.0528. The minimum absolute atomic E-state index is 0.0649. The van der Waals surface area contributed by atoms with Crippen LogP contribution < -0.4 is 14.8 Å². The number of carbonyl (C=O) groups excluding carboxylic acids is 2. The predicted molar refractivity (Wildman–Crippen MR) is 143 cm³/mol. The number of esters is 1. The lowest BCUT2D eigenvalue weighted by atomic mass is 9.93. The minimum Gasteiger partial charge on any atom is -0.493 e. The van der Waals surface area contributed by atoms with Gasteiger partial charge in [0.1, 0.15) is 0 Å². The summed E-state index contributed by atoms with van der Waals surface area (Å²) in [7, 11) is 3.19. The van der Waals surface area contributed by atoms with Gasteiger partial charge < -0.3 is 33.9 Å². The summed E-state index contributed by atoms with van der Waals surface area (Å²) in [4.78, 5) is 26.3. The van der Waals surface area contributed by atoms with Crippen LogP contribution in [0.2, 0.25) is 0 Å². The Morgan fingerprint density at radius 1 is 1.08 bits per heavy atom. The van der Waals surface area contributed by atoms with Crippen LogP contribution in [0.1, 0.15) is 38.9 Å². The molecule has 2 heterocycles. The zero-order valence-corrected chi connectivity index (χ0v) is 22.3. The second-order valence-corrected chi connectivity index (χ2v) is 8.84. The van der Waals surface area contributed by atoms with Gasteiger partial charge in [-0.2, -0.15) is 0 Å². The van der Waals surface area contributed by atoms with Crippen LogP contribution in [0.15, 0.2) is 36.4 Å². The first-order valence-corrected chi connectivity index (χ1v) is 12.7. The second-order valence-electron chi connectivity index (χ2n) is 8.84. The second kappa shape index (κ2) is 12.1. The van der Waals surface area contributed by atoms with Crippen LogP contribution in [0.3, 0.4) is 0 Å². The first-order valence-electron chi connectivity index (χ1n) is 12.7. The lowest BCUT2D eigenvalue weighted by Gasteiger charge is -2.23. The zero-order chi connectivity index (χ0) is 27.2. The Morgan fingerprint density at radius 3 is 2.55 bits per heavy atom. The highest BCUT2D eigenvalue weighted by molar-refractivity contribution is 6.06. The third-order valence-electron chi connectivity index (χ3n) is 6.65. The van der Waals surface area contributed by atoms with Crippen LogP contribution in [0.25, 0.3) is 22.4 Å². The van der Waals surface area contributed by atoms with Crippen LogP contribution in [-0.2, 0) is 22.4 Å². The van der Waals surface area contributed by atoms with E-state index in [1.54, 1.807) is 39.3 Å². The molecule has 1 aromatic heterocycles. The van der Waals surface area contributed by atoms with Gasteiger partial charge in [0.2, 0.25) is 0 Å². The minimum atomic E-state index is -0.419. The molecule has 1 aliphatic rings. The molecule has 0 bridgehead atoms. The molecule has 0 spiro atoms. The Hall–Kier alpha value is -3.82. The number of nitrogens with one attached hydrogen (secondary N) is 1. The number of fused-ring (bicyclic) bond motifs is 3. The number of nitrogens with zero attached hydrogens (tertiary/aromatic N) is 1. The molecule has 4 rings (SSSR count). The van der Waals surface area contributed by atoms with Crippen LogP contribution >= 0.6 is 0 Å². The van der Waals surface area contributed by atoms with E-state index in [-0.39, 0.29) is 25.7 Å². The molecule has 1 amide bonds. The number of amides is 1. The molecule has 202 valence electrons. The highest BCUT2D eigenvalue weighted by atomic mass is 16.5. The van der Waals surface area contributed by atoms with Crippen LogP contribution in [0, 0.1) is 6.92 Å². The predicted octanol–water partition coefficient (Wildman–Crippen LogP) is 3.62. The van der Waals surface area contributed by atoms with Gasteiger partial charge in [0.25, 0.3) is 5.91 Å². The van der Waals surface area contributed by atoms with Crippen molar-refractivity contribution in [3.63, 3.8) is 0 Å². The smallest absolute Gasteiger partial charge is 0.340 e. The highest BCUT2D eigenvalue weighted by Gasteiger charge is 2.32. The maximum absolute atomic E-state index is 13.5. The molecule has 2 aromatic carbocycles. The van der Waals surface area contributed by atoms with Gasteiger partial charge in [0.15, 0.2) is 11.5 Å². The van der Waals surface area contributed by atoms with E-state index >= 15 is 0 Å². The quantitative estimate of drug-likeness (QED) is 0.293. The summed E-state index contributed by atoms with van der Waals surface area (Å²) >= 11 is 0. The maximum Gasteiger partial charge on any atom is 0.340 e. The molecule has 0 unspecified atom stereocenters. The fraction of sp³-hybridized carbons (Fsp3) is 0.379. The van der Waals surface area contributed by atoms with Gasteiger partial charge in [0, 0.05) is 35.5 Å². The van der Waals surface area contributed by atoms with Crippen molar-refractivity contribution in [3.05, 3.63) is 58.8 Å².